The minimum absolute atomic E-state index is 0.428. The van der Waals surface area contributed by atoms with Crippen molar-refractivity contribution in [3.05, 3.63) is 0 Å². The van der Waals surface area contributed by atoms with E-state index in [0.717, 1.165) is 19.1 Å². The molecule has 3 heteroatoms. The van der Waals surface area contributed by atoms with Crippen molar-refractivity contribution in [1.82, 2.24) is 10.2 Å². The summed E-state index contributed by atoms with van der Waals surface area (Å²) in [6.45, 7) is 9.22. The molecule has 2 aliphatic heterocycles. The lowest BCUT2D eigenvalue weighted by molar-refractivity contribution is 0.0665. The van der Waals surface area contributed by atoms with Gasteiger partial charge < -0.3 is 15.0 Å². The van der Waals surface area contributed by atoms with E-state index in [1.165, 1.54) is 39.0 Å². The SMILES string of the molecule is CC1CN(CCC2CNC2)CCCO1. The van der Waals surface area contributed by atoms with Gasteiger partial charge in [-0.05, 0) is 45.3 Å². The molecule has 82 valence electrons. The minimum atomic E-state index is 0.428. The van der Waals surface area contributed by atoms with Crippen molar-refractivity contribution in [2.24, 2.45) is 5.92 Å². The normalized spacial score (nSPS) is 31.1. The lowest BCUT2D eigenvalue weighted by Gasteiger charge is -2.30. The maximum Gasteiger partial charge on any atom is 0.0673 e. The monoisotopic (exact) mass is 198 g/mol. The molecule has 0 aromatic rings. The van der Waals surface area contributed by atoms with Crippen LogP contribution in [0.2, 0.25) is 0 Å². The van der Waals surface area contributed by atoms with E-state index in [1.54, 1.807) is 0 Å². The highest BCUT2D eigenvalue weighted by molar-refractivity contribution is 4.76. The average molecular weight is 198 g/mol. The molecule has 0 aromatic heterocycles. The molecule has 14 heavy (non-hydrogen) atoms. The predicted molar refractivity (Wildman–Crippen MR) is 57.4 cm³/mol. The Morgan fingerprint density at radius 2 is 2.29 bits per heavy atom. The molecule has 1 N–H and O–H groups in total. The molecular weight excluding hydrogens is 176 g/mol. The number of rotatable bonds is 3. The van der Waals surface area contributed by atoms with Gasteiger partial charge in [0.1, 0.15) is 0 Å². The molecule has 2 fully saturated rings. The van der Waals surface area contributed by atoms with Crippen molar-refractivity contribution in [3.8, 4) is 0 Å². The van der Waals surface area contributed by atoms with E-state index < -0.39 is 0 Å². The highest BCUT2D eigenvalue weighted by atomic mass is 16.5. The van der Waals surface area contributed by atoms with Crippen LogP contribution in [-0.4, -0.2) is 50.3 Å². The molecular formula is C11H22N2O. The van der Waals surface area contributed by atoms with Crippen molar-refractivity contribution in [2.45, 2.75) is 25.9 Å². The van der Waals surface area contributed by atoms with Crippen LogP contribution in [0.3, 0.4) is 0 Å². The standard InChI is InChI=1S/C11H22N2O/c1-10-9-13(4-2-6-14-10)5-3-11-7-12-8-11/h10-12H,2-9H2,1H3. The molecule has 3 nitrogen and oxygen atoms in total. The summed E-state index contributed by atoms with van der Waals surface area (Å²) >= 11 is 0. The Bertz CT molecular complexity index is 171. The molecule has 0 bridgehead atoms. The first-order chi connectivity index (χ1) is 6.84. The first-order valence-corrected chi connectivity index (χ1v) is 5.89. The molecule has 1 unspecified atom stereocenters. The summed E-state index contributed by atoms with van der Waals surface area (Å²) in [4.78, 5) is 2.57. The van der Waals surface area contributed by atoms with Crippen LogP contribution in [-0.2, 0) is 4.74 Å². The third-order valence-electron chi connectivity index (χ3n) is 3.26. The lowest BCUT2D eigenvalue weighted by atomic mass is 9.99. The zero-order valence-corrected chi connectivity index (χ0v) is 9.17. The summed E-state index contributed by atoms with van der Waals surface area (Å²) in [5, 5.41) is 3.33. The number of hydrogen-bond donors (Lipinski definition) is 1. The number of nitrogens with one attached hydrogen (secondary N) is 1. The van der Waals surface area contributed by atoms with Gasteiger partial charge in [-0.25, -0.2) is 0 Å². The van der Waals surface area contributed by atoms with Crippen LogP contribution in [0, 0.1) is 5.92 Å². The number of nitrogens with zero attached hydrogens (tertiary/aromatic N) is 1. The molecule has 2 heterocycles. The van der Waals surface area contributed by atoms with Gasteiger partial charge in [-0.2, -0.15) is 0 Å². The first kappa shape index (κ1) is 10.4. The van der Waals surface area contributed by atoms with Crippen LogP contribution in [0.25, 0.3) is 0 Å². The Labute approximate surface area is 86.8 Å². The predicted octanol–water partition coefficient (Wildman–Crippen LogP) is 0.707. The Morgan fingerprint density at radius 3 is 3.00 bits per heavy atom. The van der Waals surface area contributed by atoms with Crippen molar-refractivity contribution in [2.75, 3.05) is 39.3 Å². The third-order valence-corrected chi connectivity index (χ3v) is 3.26. The van der Waals surface area contributed by atoms with Gasteiger partial charge >= 0.3 is 0 Å². The fourth-order valence-corrected chi connectivity index (χ4v) is 2.20. The average Bonchev–Trinajstić information content (AvgIpc) is 2.27. The summed E-state index contributed by atoms with van der Waals surface area (Å²) < 4.78 is 5.63. The van der Waals surface area contributed by atoms with Gasteiger partial charge in [0.2, 0.25) is 0 Å². The first-order valence-electron chi connectivity index (χ1n) is 5.89. The topological polar surface area (TPSA) is 24.5 Å². The molecule has 0 radical (unpaired) electrons. The number of ether oxygens (including phenoxy) is 1. The van der Waals surface area contributed by atoms with Gasteiger partial charge in [-0.3, -0.25) is 0 Å². The summed E-state index contributed by atoms with van der Waals surface area (Å²) in [6.07, 6.45) is 2.99. The molecule has 1 atom stereocenters. The van der Waals surface area contributed by atoms with Crippen LogP contribution in [0.5, 0.6) is 0 Å². The highest BCUT2D eigenvalue weighted by Crippen LogP contribution is 2.11. The van der Waals surface area contributed by atoms with E-state index in [1.807, 2.05) is 0 Å². The van der Waals surface area contributed by atoms with Crippen LogP contribution >= 0.6 is 0 Å². The van der Waals surface area contributed by atoms with Crippen molar-refractivity contribution >= 4 is 0 Å². The maximum atomic E-state index is 5.63. The second-order valence-electron chi connectivity index (χ2n) is 4.65. The van der Waals surface area contributed by atoms with Gasteiger partial charge in [-0.1, -0.05) is 0 Å². The van der Waals surface area contributed by atoms with Gasteiger partial charge in [0.15, 0.2) is 0 Å². The van der Waals surface area contributed by atoms with Crippen LogP contribution in [0.1, 0.15) is 19.8 Å². The van der Waals surface area contributed by atoms with E-state index >= 15 is 0 Å². The molecule has 0 amide bonds. The smallest absolute Gasteiger partial charge is 0.0673 e. The van der Waals surface area contributed by atoms with Gasteiger partial charge in [0, 0.05) is 19.7 Å². The molecule has 2 aliphatic rings. The van der Waals surface area contributed by atoms with Gasteiger partial charge in [-0.15, -0.1) is 0 Å². The zero-order valence-electron chi connectivity index (χ0n) is 9.17. The second-order valence-corrected chi connectivity index (χ2v) is 4.65. The number of hydrogen-bond acceptors (Lipinski definition) is 3. The van der Waals surface area contributed by atoms with Crippen LogP contribution in [0.4, 0.5) is 0 Å². The Morgan fingerprint density at radius 1 is 1.43 bits per heavy atom. The van der Waals surface area contributed by atoms with Crippen LogP contribution < -0.4 is 5.32 Å². The molecule has 2 saturated heterocycles. The summed E-state index contributed by atoms with van der Waals surface area (Å²) in [7, 11) is 0. The minimum Gasteiger partial charge on any atom is -0.377 e. The molecule has 0 aromatic carbocycles. The second kappa shape index (κ2) is 5.10. The van der Waals surface area contributed by atoms with Gasteiger partial charge in [0.25, 0.3) is 0 Å². The lowest BCUT2D eigenvalue weighted by Crippen LogP contribution is -2.44. The molecule has 0 saturated carbocycles. The van der Waals surface area contributed by atoms with Crippen molar-refractivity contribution < 1.29 is 4.74 Å². The summed E-state index contributed by atoms with van der Waals surface area (Å²) in [5.41, 5.74) is 0. The molecule has 0 spiro atoms. The summed E-state index contributed by atoms with van der Waals surface area (Å²) in [6, 6.07) is 0. The van der Waals surface area contributed by atoms with Gasteiger partial charge in [0.05, 0.1) is 6.10 Å². The fourth-order valence-electron chi connectivity index (χ4n) is 2.20. The largest absolute Gasteiger partial charge is 0.377 e. The maximum absolute atomic E-state index is 5.63. The van der Waals surface area contributed by atoms with Crippen molar-refractivity contribution in [1.29, 1.82) is 0 Å². The van der Waals surface area contributed by atoms with E-state index in [2.05, 4.69) is 17.1 Å². The third kappa shape index (κ3) is 2.94. The van der Waals surface area contributed by atoms with E-state index in [9.17, 15) is 0 Å². The van der Waals surface area contributed by atoms with E-state index in [0.29, 0.717) is 6.10 Å². The van der Waals surface area contributed by atoms with E-state index in [-0.39, 0.29) is 0 Å². The quantitative estimate of drug-likeness (QED) is 0.723. The van der Waals surface area contributed by atoms with Crippen molar-refractivity contribution in [3.63, 3.8) is 0 Å². The Hall–Kier alpha value is -0.120. The van der Waals surface area contributed by atoms with Crippen LogP contribution in [0.15, 0.2) is 0 Å². The Balaban J connectivity index is 1.66. The summed E-state index contributed by atoms with van der Waals surface area (Å²) in [5.74, 6) is 0.939. The van der Waals surface area contributed by atoms with E-state index in [4.69, 9.17) is 4.74 Å². The highest BCUT2D eigenvalue weighted by Gasteiger charge is 2.19. The fraction of sp³-hybridized carbons (Fsp3) is 1.00. The molecule has 2 rings (SSSR count). The Kier molecular flexibility index (Phi) is 3.79. The zero-order chi connectivity index (χ0) is 9.80. The molecule has 0 aliphatic carbocycles.